The summed E-state index contributed by atoms with van der Waals surface area (Å²) in [6, 6.07) is 5.45. The molecule has 2 N–H and O–H groups in total. The van der Waals surface area contributed by atoms with Gasteiger partial charge in [-0.15, -0.1) is 22.0 Å². The lowest BCUT2D eigenvalue weighted by Crippen LogP contribution is -1.95. The fourth-order valence-electron chi connectivity index (χ4n) is 1.21. The van der Waals surface area contributed by atoms with Crippen LogP contribution in [-0.4, -0.2) is 14.8 Å². The first-order chi connectivity index (χ1) is 7.66. The van der Waals surface area contributed by atoms with Crippen LogP contribution in [0.15, 0.2) is 29.4 Å². The average Bonchev–Trinajstić information content (AvgIpc) is 2.66. The van der Waals surface area contributed by atoms with Crippen LogP contribution in [0.4, 0.5) is 5.69 Å². The van der Waals surface area contributed by atoms with Gasteiger partial charge in [-0.05, 0) is 18.2 Å². The highest BCUT2D eigenvalue weighted by molar-refractivity contribution is 7.98. The fraction of sp³-hybridized carbons (Fsp3) is 0.200. The molecule has 16 heavy (non-hydrogen) atoms. The summed E-state index contributed by atoms with van der Waals surface area (Å²) in [5.74, 6) is 1.63. The van der Waals surface area contributed by atoms with Gasteiger partial charge in [0.15, 0.2) is 0 Å². The molecule has 0 bridgehead atoms. The molecule has 84 valence electrons. The van der Waals surface area contributed by atoms with Crippen molar-refractivity contribution in [1.82, 2.24) is 14.8 Å². The maximum Gasteiger partial charge on any atom is 0.142 e. The highest BCUT2D eigenvalue weighted by atomic mass is 35.5. The lowest BCUT2D eigenvalue weighted by molar-refractivity contribution is 0.849. The molecule has 2 rings (SSSR count). The van der Waals surface area contributed by atoms with Gasteiger partial charge in [0.2, 0.25) is 0 Å². The molecule has 0 radical (unpaired) electrons. The second-order valence-electron chi connectivity index (χ2n) is 3.33. The fourth-order valence-corrected chi connectivity index (χ4v) is 2.44. The number of halogens is 1. The smallest absolute Gasteiger partial charge is 0.142 e. The molecule has 1 heterocycles. The summed E-state index contributed by atoms with van der Waals surface area (Å²) in [5.41, 5.74) is 6.58. The molecule has 0 spiro atoms. The summed E-state index contributed by atoms with van der Waals surface area (Å²) in [6.07, 6.45) is 1.68. The van der Waals surface area contributed by atoms with Crippen molar-refractivity contribution >= 4 is 29.1 Å². The summed E-state index contributed by atoms with van der Waals surface area (Å²) in [7, 11) is 1.91. The molecule has 0 saturated carbocycles. The van der Waals surface area contributed by atoms with E-state index in [1.807, 2.05) is 17.7 Å². The maximum absolute atomic E-state index is 5.91. The molecule has 0 aliphatic carbocycles. The first-order valence-corrected chi connectivity index (χ1v) is 6.04. The highest BCUT2D eigenvalue weighted by Crippen LogP contribution is 2.29. The molecular weight excluding hydrogens is 244 g/mol. The number of aryl methyl sites for hydroxylation is 1. The number of anilines is 1. The monoisotopic (exact) mass is 254 g/mol. The summed E-state index contributed by atoms with van der Waals surface area (Å²) < 4.78 is 1.88. The number of rotatable bonds is 3. The highest BCUT2D eigenvalue weighted by Gasteiger charge is 2.05. The molecule has 0 saturated heterocycles. The Morgan fingerprint density at radius 3 is 3.00 bits per heavy atom. The molecule has 6 heteroatoms. The predicted octanol–water partition coefficient (Wildman–Crippen LogP) is 2.34. The predicted molar refractivity (Wildman–Crippen MR) is 66.4 cm³/mol. The van der Waals surface area contributed by atoms with E-state index in [4.69, 9.17) is 17.3 Å². The Balaban J connectivity index is 2.10. The van der Waals surface area contributed by atoms with Crippen LogP contribution >= 0.6 is 23.4 Å². The van der Waals surface area contributed by atoms with Gasteiger partial charge in [0, 0.05) is 22.7 Å². The van der Waals surface area contributed by atoms with Crippen molar-refractivity contribution in [3.05, 3.63) is 35.4 Å². The molecule has 0 aliphatic rings. The van der Waals surface area contributed by atoms with Crippen molar-refractivity contribution in [3.8, 4) is 0 Å². The van der Waals surface area contributed by atoms with Gasteiger partial charge in [-0.2, -0.15) is 0 Å². The topological polar surface area (TPSA) is 56.7 Å². The lowest BCUT2D eigenvalue weighted by Gasteiger charge is -2.05. The Morgan fingerprint density at radius 2 is 2.31 bits per heavy atom. The second kappa shape index (κ2) is 4.76. The van der Waals surface area contributed by atoms with Crippen molar-refractivity contribution in [2.75, 3.05) is 5.73 Å². The van der Waals surface area contributed by atoms with E-state index in [9.17, 15) is 0 Å². The van der Waals surface area contributed by atoms with Crippen LogP contribution in [0, 0.1) is 0 Å². The Morgan fingerprint density at radius 1 is 1.50 bits per heavy atom. The third-order valence-electron chi connectivity index (χ3n) is 2.14. The molecular formula is C10H11ClN4S. The summed E-state index contributed by atoms with van der Waals surface area (Å²) in [6.45, 7) is 0. The molecule has 1 aromatic heterocycles. The van der Waals surface area contributed by atoms with Gasteiger partial charge in [-0.1, -0.05) is 11.6 Å². The van der Waals surface area contributed by atoms with Crippen molar-refractivity contribution in [3.63, 3.8) is 0 Å². The summed E-state index contributed by atoms with van der Waals surface area (Å²) >= 11 is 7.51. The molecule has 4 nitrogen and oxygen atoms in total. The van der Waals surface area contributed by atoms with Crippen molar-refractivity contribution in [1.29, 1.82) is 0 Å². The average molecular weight is 255 g/mol. The Labute approximate surface area is 103 Å². The minimum Gasteiger partial charge on any atom is -0.398 e. The van der Waals surface area contributed by atoms with Crippen LogP contribution in [0.25, 0.3) is 0 Å². The number of benzene rings is 1. The molecule has 1 aromatic carbocycles. The summed E-state index contributed by atoms with van der Waals surface area (Å²) in [4.78, 5) is 0.968. The van der Waals surface area contributed by atoms with Crippen LogP contribution in [0.1, 0.15) is 5.82 Å². The minimum atomic E-state index is 0.690. The van der Waals surface area contributed by atoms with Gasteiger partial charge in [0.1, 0.15) is 12.2 Å². The maximum atomic E-state index is 5.91. The van der Waals surface area contributed by atoms with Crippen LogP contribution in [0.2, 0.25) is 5.02 Å². The Bertz CT molecular complexity index is 497. The number of hydrogen-bond acceptors (Lipinski definition) is 4. The van der Waals surface area contributed by atoms with Crippen molar-refractivity contribution in [2.24, 2.45) is 7.05 Å². The molecule has 0 fully saturated rings. The van der Waals surface area contributed by atoms with Crippen molar-refractivity contribution < 1.29 is 0 Å². The first-order valence-electron chi connectivity index (χ1n) is 4.67. The molecule has 2 aromatic rings. The van der Waals surface area contributed by atoms with Crippen LogP contribution < -0.4 is 5.73 Å². The van der Waals surface area contributed by atoms with E-state index in [0.29, 0.717) is 5.02 Å². The zero-order valence-electron chi connectivity index (χ0n) is 8.72. The van der Waals surface area contributed by atoms with Crippen LogP contribution in [-0.2, 0) is 12.8 Å². The number of thioether (sulfide) groups is 1. The van der Waals surface area contributed by atoms with Gasteiger partial charge < -0.3 is 10.3 Å². The largest absolute Gasteiger partial charge is 0.398 e. The Kier molecular flexibility index (Phi) is 3.36. The molecule has 0 atom stereocenters. The number of nitrogen functional groups attached to an aromatic ring is 1. The van der Waals surface area contributed by atoms with Crippen LogP contribution in [0.3, 0.4) is 0 Å². The Hall–Kier alpha value is -1.20. The number of aromatic nitrogens is 3. The number of hydrogen-bond donors (Lipinski definition) is 1. The molecule has 0 aliphatic heterocycles. The first kappa shape index (κ1) is 11.3. The zero-order chi connectivity index (χ0) is 11.5. The molecule has 0 unspecified atom stereocenters. The normalized spacial score (nSPS) is 10.6. The quantitative estimate of drug-likeness (QED) is 0.675. The van der Waals surface area contributed by atoms with Crippen LogP contribution in [0.5, 0.6) is 0 Å². The minimum absolute atomic E-state index is 0.690. The summed E-state index contributed by atoms with van der Waals surface area (Å²) in [5, 5.41) is 8.51. The van der Waals surface area contributed by atoms with Gasteiger partial charge in [0.25, 0.3) is 0 Å². The van der Waals surface area contributed by atoms with E-state index in [1.54, 1.807) is 30.2 Å². The van der Waals surface area contributed by atoms with E-state index in [1.165, 1.54) is 0 Å². The van der Waals surface area contributed by atoms with Gasteiger partial charge in [-0.25, -0.2) is 0 Å². The van der Waals surface area contributed by atoms with E-state index >= 15 is 0 Å². The van der Waals surface area contributed by atoms with Gasteiger partial charge >= 0.3 is 0 Å². The molecule has 0 amide bonds. The van der Waals surface area contributed by atoms with Gasteiger partial charge in [0.05, 0.1) is 5.75 Å². The van der Waals surface area contributed by atoms with Gasteiger partial charge in [-0.3, -0.25) is 0 Å². The van der Waals surface area contributed by atoms with E-state index < -0.39 is 0 Å². The third kappa shape index (κ3) is 2.48. The third-order valence-corrected chi connectivity index (χ3v) is 3.44. The number of nitrogens with zero attached hydrogens (tertiary/aromatic N) is 3. The van der Waals surface area contributed by atoms with E-state index in [2.05, 4.69) is 10.2 Å². The number of nitrogens with two attached hydrogens (primary N) is 1. The second-order valence-corrected chi connectivity index (χ2v) is 4.78. The zero-order valence-corrected chi connectivity index (χ0v) is 10.3. The van der Waals surface area contributed by atoms with Crippen molar-refractivity contribution in [2.45, 2.75) is 10.6 Å². The standard InChI is InChI=1S/C10H11ClN4S/c1-15-6-13-14-10(15)5-16-9-4-7(11)2-3-8(9)12/h2-4,6H,5,12H2,1H3. The van der Waals surface area contributed by atoms with E-state index in [0.717, 1.165) is 22.2 Å². The van der Waals surface area contributed by atoms with E-state index in [-0.39, 0.29) is 0 Å². The lowest BCUT2D eigenvalue weighted by atomic mass is 10.3. The SMILES string of the molecule is Cn1cnnc1CSc1cc(Cl)ccc1N.